The first-order valence-corrected chi connectivity index (χ1v) is 7.79. The molecule has 1 unspecified atom stereocenters. The summed E-state index contributed by atoms with van der Waals surface area (Å²) >= 11 is 0. The van der Waals surface area contributed by atoms with Crippen LogP contribution in [0.5, 0.6) is 0 Å². The second kappa shape index (κ2) is 7.81. The highest BCUT2D eigenvalue weighted by Gasteiger charge is 2.27. The lowest BCUT2D eigenvalue weighted by Crippen LogP contribution is -2.54. The van der Waals surface area contributed by atoms with Crippen molar-refractivity contribution in [3.63, 3.8) is 0 Å². The molecule has 1 aliphatic heterocycles. The van der Waals surface area contributed by atoms with Crippen LogP contribution in [0.1, 0.15) is 51.4 Å². The molecule has 0 aromatic rings. The molecule has 0 radical (unpaired) electrons. The standard InChI is InChI=1S/C16H28N2/c1-2-3-4-8-12-18-13-11-17-16(14-18)15-9-6-5-7-10-15/h1,15-17H,3-14H2. The third kappa shape index (κ3) is 4.30. The summed E-state index contributed by atoms with van der Waals surface area (Å²) < 4.78 is 0. The molecule has 2 rings (SSSR count). The van der Waals surface area contributed by atoms with Gasteiger partial charge in [-0.05, 0) is 38.1 Å². The maximum absolute atomic E-state index is 5.29. The van der Waals surface area contributed by atoms with Crippen LogP contribution in [-0.4, -0.2) is 37.1 Å². The first kappa shape index (κ1) is 13.9. The Hall–Kier alpha value is -0.520. The molecule has 1 saturated heterocycles. The molecule has 2 nitrogen and oxygen atoms in total. The molecule has 1 atom stereocenters. The quantitative estimate of drug-likeness (QED) is 0.594. The van der Waals surface area contributed by atoms with Crippen molar-refractivity contribution in [2.75, 3.05) is 26.2 Å². The van der Waals surface area contributed by atoms with E-state index in [9.17, 15) is 0 Å². The van der Waals surface area contributed by atoms with Gasteiger partial charge in [0, 0.05) is 32.1 Å². The van der Waals surface area contributed by atoms with Crippen molar-refractivity contribution < 1.29 is 0 Å². The van der Waals surface area contributed by atoms with E-state index in [1.165, 1.54) is 71.1 Å². The van der Waals surface area contributed by atoms with Crippen LogP contribution in [-0.2, 0) is 0 Å². The smallest absolute Gasteiger partial charge is 0.0223 e. The first-order valence-electron chi connectivity index (χ1n) is 7.79. The molecule has 0 bridgehead atoms. The third-order valence-corrected chi connectivity index (χ3v) is 4.55. The molecule has 1 saturated carbocycles. The van der Waals surface area contributed by atoms with E-state index in [1.807, 2.05) is 0 Å². The van der Waals surface area contributed by atoms with E-state index in [-0.39, 0.29) is 0 Å². The van der Waals surface area contributed by atoms with Crippen molar-refractivity contribution in [3.8, 4) is 12.3 Å². The van der Waals surface area contributed by atoms with Crippen molar-refractivity contribution in [3.05, 3.63) is 0 Å². The maximum atomic E-state index is 5.29. The summed E-state index contributed by atoms with van der Waals surface area (Å²) in [5, 5.41) is 3.75. The summed E-state index contributed by atoms with van der Waals surface area (Å²) in [5.41, 5.74) is 0. The van der Waals surface area contributed by atoms with E-state index in [1.54, 1.807) is 0 Å². The number of nitrogens with zero attached hydrogens (tertiary/aromatic N) is 1. The largest absolute Gasteiger partial charge is 0.311 e. The van der Waals surface area contributed by atoms with Gasteiger partial charge in [-0.2, -0.15) is 0 Å². The van der Waals surface area contributed by atoms with Crippen LogP contribution in [0.3, 0.4) is 0 Å². The van der Waals surface area contributed by atoms with Gasteiger partial charge in [-0.15, -0.1) is 12.3 Å². The van der Waals surface area contributed by atoms with Gasteiger partial charge in [-0.3, -0.25) is 0 Å². The van der Waals surface area contributed by atoms with Gasteiger partial charge in [-0.1, -0.05) is 19.3 Å². The average molecular weight is 248 g/mol. The summed E-state index contributed by atoms with van der Waals surface area (Å²) in [6, 6.07) is 0.756. The Balaban J connectivity index is 1.69. The predicted octanol–water partition coefficient (Wildman–Crippen LogP) is 2.64. The van der Waals surface area contributed by atoms with Crippen molar-refractivity contribution in [1.29, 1.82) is 0 Å². The number of hydrogen-bond donors (Lipinski definition) is 1. The van der Waals surface area contributed by atoms with Gasteiger partial charge in [0.2, 0.25) is 0 Å². The average Bonchev–Trinajstić information content (AvgIpc) is 2.45. The Morgan fingerprint density at radius 3 is 2.78 bits per heavy atom. The van der Waals surface area contributed by atoms with Gasteiger partial charge in [0.15, 0.2) is 0 Å². The van der Waals surface area contributed by atoms with Crippen LogP contribution in [0.4, 0.5) is 0 Å². The fourth-order valence-corrected chi connectivity index (χ4v) is 3.46. The summed E-state index contributed by atoms with van der Waals surface area (Å²) in [6.45, 7) is 4.91. The number of unbranched alkanes of at least 4 members (excludes halogenated alkanes) is 2. The molecule has 1 heterocycles. The number of rotatable bonds is 5. The van der Waals surface area contributed by atoms with Crippen LogP contribution in [0.2, 0.25) is 0 Å². The molecule has 0 spiro atoms. The Kier molecular flexibility index (Phi) is 6.04. The van der Waals surface area contributed by atoms with Gasteiger partial charge >= 0.3 is 0 Å². The Morgan fingerprint density at radius 2 is 2.00 bits per heavy atom. The van der Waals surface area contributed by atoms with Crippen LogP contribution < -0.4 is 5.32 Å². The molecule has 2 aliphatic rings. The van der Waals surface area contributed by atoms with Crippen molar-refractivity contribution in [2.45, 2.75) is 57.4 Å². The van der Waals surface area contributed by atoms with Gasteiger partial charge in [0.25, 0.3) is 0 Å². The fraction of sp³-hybridized carbons (Fsp3) is 0.875. The zero-order chi connectivity index (χ0) is 12.6. The SMILES string of the molecule is C#CCCCCN1CCNC(C2CCCCC2)C1. The molecule has 2 fully saturated rings. The molecule has 18 heavy (non-hydrogen) atoms. The molecular formula is C16H28N2. The molecule has 0 amide bonds. The maximum Gasteiger partial charge on any atom is 0.0223 e. The molecule has 0 aromatic carbocycles. The van der Waals surface area contributed by atoms with Crippen LogP contribution in [0.15, 0.2) is 0 Å². The van der Waals surface area contributed by atoms with Crippen LogP contribution in [0.25, 0.3) is 0 Å². The Morgan fingerprint density at radius 1 is 1.17 bits per heavy atom. The summed E-state index contributed by atoms with van der Waals surface area (Å²) in [5.74, 6) is 3.67. The van der Waals surface area contributed by atoms with E-state index in [2.05, 4.69) is 16.1 Å². The topological polar surface area (TPSA) is 15.3 Å². The van der Waals surface area contributed by atoms with E-state index < -0.39 is 0 Å². The second-order valence-corrected chi connectivity index (χ2v) is 5.92. The highest BCUT2D eigenvalue weighted by Crippen LogP contribution is 2.27. The number of terminal acetylenes is 1. The van der Waals surface area contributed by atoms with Crippen LogP contribution >= 0.6 is 0 Å². The van der Waals surface area contributed by atoms with E-state index >= 15 is 0 Å². The lowest BCUT2D eigenvalue weighted by Gasteiger charge is -2.39. The number of nitrogens with one attached hydrogen (secondary N) is 1. The van der Waals surface area contributed by atoms with Crippen molar-refractivity contribution in [1.82, 2.24) is 10.2 Å². The molecule has 0 aromatic heterocycles. The van der Waals surface area contributed by atoms with E-state index in [0.29, 0.717) is 0 Å². The fourth-order valence-electron chi connectivity index (χ4n) is 3.46. The Labute approximate surface area is 113 Å². The highest BCUT2D eigenvalue weighted by molar-refractivity contribution is 4.86. The lowest BCUT2D eigenvalue weighted by molar-refractivity contribution is 0.145. The molecule has 102 valence electrons. The minimum Gasteiger partial charge on any atom is -0.311 e. The van der Waals surface area contributed by atoms with Gasteiger partial charge < -0.3 is 10.2 Å². The van der Waals surface area contributed by atoms with E-state index in [0.717, 1.165) is 18.4 Å². The van der Waals surface area contributed by atoms with Crippen LogP contribution in [0, 0.1) is 18.3 Å². The lowest BCUT2D eigenvalue weighted by atomic mass is 9.83. The zero-order valence-corrected chi connectivity index (χ0v) is 11.7. The molecule has 1 N–H and O–H groups in total. The third-order valence-electron chi connectivity index (χ3n) is 4.55. The normalized spacial score (nSPS) is 26.9. The minimum atomic E-state index is 0.756. The monoisotopic (exact) mass is 248 g/mol. The number of piperazine rings is 1. The van der Waals surface area contributed by atoms with E-state index in [4.69, 9.17) is 6.42 Å². The molecule has 1 aliphatic carbocycles. The van der Waals surface area contributed by atoms with Crippen molar-refractivity contribution in [2.24, 2.45) is 5.92 Å². The second-order valence-electron chi connectivity index (χ2n) is 5.92. The van der Waals surface area contributed by atoms with Crippen molar-refractivity contribution >= 4 is 0 Å². The van der Waals surface area contributed by atoms with Gasteiger partial charge in [0.1, 0.15) is 0 Å². The van der Waals surface area contributed by atoms with Gasteiger partial charge in [-0.25, -0.2) is 0 Å². The van der Waals surface area contributed by atoms with Gasteiger partial charge in [0.05, 0.1) is 0 Å². The number of hydrogen-bond acceptors (Lipinski definition) is 2. The minimum absolute atomic E-state index is 0.756. The zero-order valence-electron chi connectivity index (χ0n) is 11.7. The first-order chi connectivity index (χ1) is 8.90. The highest BCUT2D eigenvalue weighted by atomic mass is 15.2. The predicted molar refractivity (Wildman–Crippen MR) is 77.5 cm³/mol. The summed E-state index contributed by atoms with van der Waals surface area (Å²) in [4.78, 5) is 2.65. The molecular weight excluding hydrogens is 220 g/mol. The molecule has 2 heteroatoms. The summed E-state index contributed by atoms with van der Waals surface area (Å²) in [7, 11) is 0. The Bertz CT molecular complexity index is 263. The summed E-state index contributed by atoms with van der Waals surface area (Å²) in [6.07, 6.45) is 15.9.